The molecule has 1 saturated heterocycles. The van der Waals surface area contributed by atoms with Gasteiger partial charge < -0.3 is 9.80 Å². The molecule has 0 aliphatic carbocycles. The van der Waals surface area contributed by atoms with Crippen LogP contribution in [0.1, 0.15) is 44.3 Å². The van der Waals surface area contributed by atoms with E-state index in [2.05, 4.69) is 29.0 Å². The molecule has 4 aromatic rings. The van der Waals surface area contributed by atoms with Gasteiger partial charge in [-0.15, -0.1) is 0 Å². The fraction of sp³-hybridized carbons (Fsp3) is 0.172. The van der Waals surface area contributed by atoms with Crippen molar-refractivity contribution in [1.82, 2.24) is 19.8 Å². The van der Waals surface area contributed by atoms with Crippen LogP contribution in [0.2, 0.25) is 0 Å². The maximum Gasteiger partial charge on any atom is 0.259 e. The largest absolute Gasteiger partial charge is 0.306 e. The van der Waals surface area contributed by atoms with Gasteiger partial charge in [-0.1, -0.05) is 61.2 Å². The Morgan fingerprint density at radius 1 is 0.972 bits per heavy atom. The van der Waals surface area contributed by atoms with E-state index in [1.807, 2.05) is 58.3 Å². The summed E-state index contributed by atoms with van der Waals surface area (Å²) in [6, 6.07) is 23.5. The number of fused-ring (bicyclic) bond motifs is 3. The lowest BCUT2D eigenvalue weighted by atomic mass is 9.90. The van der Waals surface area contributed by atoms with Crippen LogP contribution in [-0.4, -0.2) is 44.7 Å². The number of hydrogen-bond acceptors (Lipinski definition) is 5. The van der Waals surface area contributed by atoms with Crippen molar-refractivity contribution in [2.24, 2.45) is 0 Å². The zero-order valence-corrected chi connectivity index (χ0v) is 20.6. The molecule has 2 aliphatic rings. The number of aryl methyl sites for hydroxylation is 1. The fourth-order valence-corrected chi connectivity index (χ4v) is 6.18. The highest BCUT2D eigenvalue weighted by Gasteiger charge is 2.60. The van der Waals surface area contributed by atoms with E-state index in [0.29, 0.717) is 29.2 Å². The lowest BCUT2D eigenvalue weighted by Gasteiger charge is -2.40. The molecule has 36 heavy (non-hydrogen) atoms. The maximum atomic E-state index is 14.3. The minimum Gasteiger partial charge on any atom is -0.306 e. The second kappa shape index (κ2) is 8.91. The summed E-state index contributed by atoms with van der Waals surface area (Å²) in [5.74, 6) is -0.236. The van der Waals surface area contributed by atoms with Gasteiger partial charge in [0.25, 0.3) is 11.8 Å². The fourth-order valence-electron chi connectivity index (χ4n) is 5.28. The van der Waals surface area contributed by atoms with E-state index < -0.39 is 5.66 Å². The third kappa shape index (κ3) is 3.34. The van der Waals surface area contributed by atoms with Gasteiger partial charge in [-0.05, 0) is 42.3 Å². The van der Waals surface area contributed by atoms with Crippen molar-refractivity contribution < 1.29 is 9.59 Å². The highest BCUT2D eigenvalue weighted by atomic mass is 32.2. The summed E-state index contributed by atoms with van der Waals surface area (Å²) in [4.78, 5) is 41.4. The number of nitrogens with zero attached hydrogens (tertiary/aromatic N) is 4. The van der Waals surface area contributed by atoms with Gasteiger partial charge in [0.05, 0.1) is 11.1 Å². The first-order valence-corrected chi connectivity index (χ1v) is 12.8. The van der Waals surface area contributed by atoms with Crippen LogP contribution >= 0.6 is 11.8 Å². The number of hydrogen-bond donors (Lipinski definition) is 0. The molecule has 2 aliphatic heterocycles. The zero-order chi connectivity index (χ0) is 24.7. The first-order chi connectivity index (χ1) is 17.6. The van der Waals surface area contributed by atoms with Crippen molar-refractivity contribution in [2.75, 3.05) is 13.1 Å². The molecule has 2 amide bonds. The number of carbonyl (C=O) groups excluding carboxylic acids is 2. The Kier molecular flexibility index (Phi) is 5.57. The Balaban J connectivity index is 1.50. The van der Waals surface area contributed by atoms with E-state index in [4.69, 9.17) is 0 Å². The summed E-state index contributed by atoms with van der Waals surface area (Å²) in [6.07, 6.45) is 5.98. The number of aromatic nitrogens is 2. The van der Waals surface area contributed by atoms with Crippen LogP contribution in [0.15, 0.2) is 101 Å². The first-order valence-electron chi connectivity index (χ1n) is 12.0. The van der Waals surface area contributed by atoms with E-state index >= 15 is 0 Å². The van der Waals surface area contributed by atoms with Crippen molar-refractivity contribution in [1.29, 1.82) is 0 Å². The number of carbonyl (C=O) groups is 2. The van der Waals surface area contributed by atoms with Gasteiger partial charge in [-0.2, -0.15) is 0 Å². The molecule has 1 fully saturated rings. The van der Waals surface area contributed by atoms with Crippen LogP contribution in [0.4, 0.5) is 0 Å². The highest BCUT2D eigenvalue weighted by Crippen LogP contribution is 2.50. The summed E-state index contributed by atoms with van der Waals surface area (Å²) in [5, 5.41) is 0.638. The molecule has 6 rings (SSSR count). The average molecular weight is 493 g/mol. The Morgan fingerprint density at radius 2 is 1.78 bits per heavy atom. The number of benzene rings is 2. The Bertz CT molecular complexity index is 1460. The standard InChI is InChI=1S/C29H24N4O2S/c1-2-20-10-12-21(13-11-20)29-25-19-30-16-14-23(25)27(34)32(29)17-18-33(29)28(35)24-9-6-15-31-26(24)36-22-7-4-3-5-8-22/h3-16,19H,2,17-18H2,1H3. The summed E-state index contributed by atoms with van der Waals surface area (Å²) < 4.78 is 0. The van der Waals surface area contributed by atoms with Gasteiger partial charge in [-0.25, -0.2) is 4.98 Å². The van der Waals surface area contributed by atoms with E-state index in [1.165, 1.54) is 17.3 Å². The lowest BCUT2D eigenvalue weighted by Crippen LogP contribution is -2.51. The van der Waals surface area contributed by atoms with Crippen molar-refractivity contribution in [3.05, 3.63) is 119 Å². The monoisotopic (exact) mass is 492 g/mol. The van der Waals surface area contributed by atoms with E-state index in [-0.39, 0.29) is 11.8 Å². The number of amides is 2. The smallest absolute Gasteiger partial charge is 0.259 e. The SMILES string of the molecule is CCc1ccc(C23c4cnccc4C(=O)N2CCN3C(=O)c2cccnc2Sc2ccccc2)cc1. The summed E-state index contributed by atoms with van der Waals surface area (Å²) >= 11 is 1.46. The molecule has 0 saturated carbocycles. The van der Waals surface area contributed by atoms with Crippen LogP contribution < -0.4 is 0 Å². The first kappa shape index (κ1) is 22.5. The molecule has 6 nitrogen and oxygen atoms in total. The second-order valence-corrected chi connectivity index (χ2v) is 9.89. The van der Waals surface area contributed by atoms with E-state index in [9.17, 15) is 9.59 Å². The van der Waals surface area contributed by atoms with Gasteiger partial charge in [0.1, 0.15) is 5.03 Å². The van der Waals surface area contributed by atoms with Crippen LogP contribution in [0.3, 0.4) is 0 Å². The predicted molar refractivity (Wildman–Crippen MR) is 138 cm³/mol. The van der Waals surface area contributed by atoms with Gasteiger partial charge >= 0.3 is 0 Å². The molecule has 178 valence electrons. The normalized spacial score (nSPS) is 18.3. The van der Waals surface area contributed by atoms with Crippen LogP contribution in [0, 0.1) is 0 Å². The molecule has 2 aromatic carbocycles. The van der Waals surface area contributed by atoms with Crippen molar-refractivity contribution >= 4 is 23.6 Å². The summed E-state index contributed by atoms with van der Waals surface area (Å²) in [6.45, 7) is 2.96. The molecule has 4 heterocycles. The minimum atomic E-state index is -1.05. The van der Waals surface area contributed by atoms with Crippen LogP contribution in [0.5, 0.6) is 0 Å². The minimum absolute atomic E-state index is 0.0765. The zero-order valence-electron chi connectivity index (χ0n) is 19.8. The molecule has 7 heteroatoms. The molecule has 0 N–H and O–H groups in total. The Hall–Kier alpha value is -3.97. The van der Waals surface area contributed by atoms with Crippen LogP contribution in [-0.2, 0) is 12.1 Å². The highest BCUT2D eigenvalue weighted by molar-refractivity contribution is 7.99. The van der Waals surface area contributed by atoms with Crippen molar-refractivity contribution in [2.45, 2.75) is 28.9 Å². The van der Waals surface area contributed by atoms with Crippen molar-refractivity contribution in [3.8, 4) is 0 Å². The van der Waals surface area contributed by atoms with Gasteiger partial charge in [0, 0.05) is 47.7 Å². The summed E-state index contributed by atoms with van der Waals surface area (Å²) in [7, 11) is 0. The quantitative estimate of drug-likeness (QED) is 0.392. The topological polar surface area (TPSA) is 66.4 Å². The molecule has 1 atom stereocenters. The average Bonchev–Trinajstić information content (AvgIpc) is 3.44. The van der Waals surface area contributed by atoms with Gasteiger partial charge in [0.15, 0.2) is 5.66 Å². The summed E-state index contributed by atoms with van der Waals surface area (Å²) in [5.41, 5.74) is 2.88. The third-order valence-corrected chi connectivity index (χ3v) is 8.00. The van der Waals surface area contributed by atoms with E-state index in [0.717, 1.165) is 22.4 Å². The molecule has 0 radical (unpaired) electrons. The number of pyridine rings is 2. The van der Waals surface area contributed by atoms with Crippen molar-refractivity contribution in [3.63, 3.8) is 0 Å². The molecular formula is C29H24N4O2S. The van der Waals surface area contributed by atoms with Crippen LogP contribution in [0.25, 0.3) is 0 Å². The molecule has 2 aromatic heterocycles. The molecule has 0 spiro atoms. The van der Waals surface area contributed by atoms with Gasteiger partial charge in [-0.3, -0.25) is 14.6 Å². The second-order valence-electron chi connectivity index (χ2n) is 8.83. The third-order valence-electron chi connectivity index (χ3n) is 6.97. The Morgan fingerprint density at radius 3 is 2.56 bits per heavy atom. The Labute approximate surface area is 214 Å². The molecule has 1 unspecified atom stereocenters. The van der Waals surface area contributed by atoms with E-state index in [1.54, 1.807) is 30.7 Å². The lowest BCUT2D eigenvalue weighted by molar-refractivity contribution is 0.0372. The predicted octanol–water partition coefficient (Wildman–Crippen LogP) is 5.00. The molecular weight excluding hydrogens is 468 g/mol. The maximum absolute atomic E-state index is 14.3. The van der Waals surface area contributed by atoms with Gasteiger partial charge in [0.2, 0.25) is 0 Å². The molecule has 0 bridgehead atoms. The number of rotatable bonds is 5.